The van der Waals surface area contributed by atoms with Crippen molar-refractivity contribution in [3.05, 3.63) is 11.7 Å². The van der Waals surface area contributed by atoms with Crippen LogP contribution in [-0.4, -0.2) is 28.3 Å². The molecular formula is C11H15N3O2S. The fourth-order valence-corrected chi connectivity index (χ4v) is 2.48. The molecule has 1 aliphatic rings. The van der Waals surface area contributed by atoms with Gasteiger partial charge in [-0.1, -0.05) is 12.1 Å². The second-order valence-corrected chi connectivity index (χ2v) is 5.30. The molecule has 2 rings (SSSR count). The van der Waals surface area contributed by atoms with Crippen LogP contribution in [0.4, 0.5) is 0 Å². The molecule has 1 aliphatic heterocycles. The van der Waals surface area contributed by atoms with Crippen molar-refractivity contribution in [1.29, 1.82) is 5.26 Å². The van der Waals surface area contributed by atoms with Crippen molar-refractivity contribution in [2.45, 2.75) is 25.9 Å². The summed E-state index contributed by atoms with van der Waals surface area (Å²) in [5, 5.41) is 12.5. The average molecular weight is 253 g/mol. The SMILES string of the molecule is CC(CC#N)Cc1nc(C2CSCCO2)no1. The van der Waals surface area contributed by atoms with Crippen LogP contribution in [0.15, 0.2) is 4.52 Å². The maximum absolute atomic E-state index is 8.58. The van der Waals surface area contributed by atoms with Crippen LogP contribution in [0, 0.1) is 17.2 Å². The predicted molar refractivity (Wildman–Crippen MR) is 63.4 cm³/mol. The molecule has 6 heteroatoms. The van der Waals surface area contributed by atoms with Gasteiger partial charge in [-0.05, 0) is 5.92 Å². The van der Waals surface area contributed by atoms with Gasteiger partial charge in [-0.25, -0.2) is 0 Å². The first-order valence-corrected chi connectivity index (χ1v) is 6.84. The zero-order valence-electron chi connectivity index (χ0n) is 9.76. The smallest absolute Gasteiger partial charge is 0.227 e. The highest BCUT2D eigenvalue weighted by molar-refractivity contribution is 7.99. The summed E-state index contributed by atoms with van der Waals surface area (Å²) in [7, 11) is 0. The van der Waals surface area contributed by atoms with Gasteiger partial charge in [-0.3, -0.25) is 0 Å². The molecule has 0 saturated carbocycles. The number of ether oxygens (including phenoxy) is 1. The number of hydrogen-bond donors (Lipinski definition) is 0. The second-order valence-electron chi connectivity index (χ2n) is 4.15. The Kier molecular flexibility index (Phi) is 4.40. The van der Waals surface area contributed by atoms with Crippen molar-refractivity contribution < 1.29 is 9.26 Å². The van der Waals surface area contributed by atoms with E-state index in [0.717, 1.165) is 18.1 Å². The number of nitriles is 1. The molecule has 2 heterocycles. The van der Waals surface area contributed by atoms with E-state index in [9.17, 15) is 0 Å². The van der Waals surface area contributed by atoms with Crippen LogP contribution in [-0.2, 0) is 11.2 Å². The molecular weight excluding hydrogens is 238 g/mol. The predicted octanol–water partition coefficient (Wildman–Crippen LogP) is 1.97. The molecule has 0 bridgehead atoms. The molecule has 5 nitrogen and oxygen atoms in total. The van der Waals surface area contributed by atoms with Crippen molar-refractivity contribution in [2.75, 3.05) is 18.1 Å². The van der Waals surface area contributed by atoms with Gasteiger partial charge >= 0.3 is 0 Å². The highest BCUT2D eigenvalue weighted by Gasteiger charge is 2.22. The molecule has 0 aliphatic carbocycles. The van der Waals surface area contributed by atoms with Crippen LogP contribution in [0.25, 0.3) is 0 Å². The van der Waals surface area contributed by atoms with Gasteiger partial charge in [0.15, 0.2) is 0 Å². The van der Waals surface area contributed by atoms with Crippen LogP contribution in [0.5, 0.6) is 0 Å². The fraction of sp³-hybridized carbons (Fsp3) is 0.727. The van der Waals surface area contributed by atoms with E-state index in [1.165, 1.54) is 0 Å². The standard InChI is InChI=1S/C11H15N3O2S/c1-8(2-3-12)6-10-13-11(14-16-10)9-7-17-5-4-15-9/h8-9H,2,4-7H2,1H3. The van der Waals surface area contributed by atoms with E-state index in [4.69, 9.17) is 14.5 Å². The molecule has 1 aromatic heterocycles. The Morgan fingerprint density at radius 2 is 2.53 bits per heavy atom. The largest absolute Gasteiger partial charge is 0.368 e. The molecule has 0 aromatic carbocycles. The van der Waals surface area contributed by atoms with Crippen molar-refractivity contribution >= 4 is 11.8 Å². The molecule has 92 valence electrons. The van der Waals surface area contributed by atoms with Crippen LogP contribution in [0.1, 0.15) is 31.2 Å². The van der Waals surface area contributed by atoms with E-state index >= 15 is 0 Å². The van der Waals surface area contributed by atoms with E-state index in [0.29, 0.717) is 24.6 Å². The summed E-state index contributed by atoms with van der Waals surface area (Å²) < 4.78 is 10.7. The van der Waals surface area contributed by atoms with Crippen molar-refractivity contribution in [3.63, 3.8) is 0 Å². The minimum Gasteiger partial charge on any atom is -0.368 e. The molecule has 1 aromatic rings. The van der Waals surface area contributed by atoms with Crippen LogP contribution < -0.4 is 0 Å². The highest BCUT2D eigenvalue weighted by Crippen LogP contribution is 2.24. The number of nitrogens with zero attached hydrogens (tertiary/aromatic N) is 3. The quantitative estimate of drug-likeness (QED) is 0.816. The lowest BCUT2D eigenvalue weighted by molar-refractivity contribution is 0.0677. The normalized spacial score (nSPS) is 22.0. The van der Waals surface area contributed by atoms with E-state index < -0.39 is 0 Å². The minimum atomic E-state index is -0.0440. The lowest BCUT2D eigenvalue weighted by Crippen LogP contribution is -2.16. The summed E-state index contributed by atoms with van der Waals surface area (Å²) in [6.07, 6.45) is 1.12. The van der Waals surface area contributed by atoms with Gasteiger partial charge in [0.05, 0.1) is 12.7 Å². The van der Waals surface area contributed by atoms with E-state index in [-0.39, 0.29) is 12.0 Å². The number of rotatable bonds is 4. The Labute approximate surface area is 105 Å². The van der Waals surface area contributed by atoms with Crippen LogP contribution in [0.2, 0.25) is 0 Å². The molecule has 17 heavy (non-hydrogen) atoms. The van der Waals surface area contributed by atoms with Gasteiger partial charge in [0.25, 0.3) is 0 Å². The van der Waals surface area contributed by atoms with Crippen LogP contribution in [0.3, 0.4) is 0 Å². The van der Waals surface area contributed by atoms with Gasteiger partial charge < -0.3 is 9.26 Å². The summed E-state index contributed by atoms with van der Waals surface area (Å²) in [5.74, 6) is 3.39. The van der Waals surface area contributed by atoms with E-state index in [1.807, 2.05) is 18.7 Å². The number of thioether (sulfide) groups is 1. The van der Waals surface area contributed by atoms with E-state index in [2.05, 4.69) is 16.2 Å². The Morgan fingerprint density at radius 1 is 1.65 bits per heavy atom. The third-order valence-corrected chi connectivity index (χ3v) is 3.54. The highest BCUT2D eigenvalue weighted by atomic mass is 32.2. The van der Waals surface area contributed by atoms with Gasteiger partial charge in [-0.15, -0.1) is 0 Å². The topological polar surface area (TPSA) is 71.9 Å². The summed E-state index contributed by atoms with van der Waals surface area (Å²) in [6.45, 7) is 2.74. The van der Waals surface area contributed by atoms with Crippen molar-refractivity contribution in [2.24, 2.45) is 5.92 Å². The molecule has 1 saturated heterocycles. The van der Waals surface area contributed by atoms with Gasteiger partial charge in [0.2, 0.25) is 11.7 Å². The Bertz CT molecular complexity index is 396. The zero-order valence-corrected chi connectivity index (χ0v) is 10.6. The van der Waals surface area contributed by atoms with Gasteiger partial charge in [-0.2, -0.15) is 22.0 Å². The van der Waals surface area contributed by atoms with Gasteiger partial charge in [0, 0.05) is 24.3 Å². The van der Waals surface area contributed by atoms with Crippen molar-refractivity contribution in [1.82, 2.24) is 10.1 Å². The zero-order chi connectivity index (χ0) is 12.1. The number of hydrogen-bond acceptors (Lipinski definition) is 6. The second kappa shape index (κ2) is 6.03. The monoisotopic (exact) mass is 253 g/mol. The lowest BCUT2D eigenvalue weighted by Gasteiger charge is -2.18. The molecule has 0 amide bonds. The Balaban J connectivity index is 1.93. The van der Waals surface area contributed by atoms with Crippen LogP contribution >= 0.6 is 11.8 Å². The summed E-state index contributed by atoms with van der Waals surface area (Å²) in [4.78, 5) is 4.33. The van der Waals surface area contributed by atoms with E-state index in [1.54, 1.807) is 0 Å². The Hall–Kier alpha value is -1.06. The van der Waals surface area contributed by atoms with Crippen molar-refractivity contribution in [3.8, 4) is 6.07 Å². The molecule has 1 fully saturated rings. The maximum Gasteiger partial charge on any atom is 0.227 e. The third kappa shape index (κ3) is 3.45. The third-order valence-electron chi connectivity index (χ3n) is 2.55. The Morgan fingerprint density at radius 3 is 3.24 bits per heavy atom. The first kappa shape index (κ1) is 12.4. The summed E-state index contributed by atoms with van der Waals surface area (Å²) in [6, 6.07) is 2.14. The number of aromatic nitrogens is 2. The fourth-order valence-electron chi connectivity index (χ4n) is 1.64. The summed E-state index contributed by atoms with van der Waals surface area (Å²) in [5.41, 5.74) is 0. The summed E-state index contributed by atoms with van der Waals surface area (Å²) >= 11 is 1.84. The first-order valence-electron chi connectivity index (χ1n) is 5.68. The molecule has 0 radical (unpaired) electrons. The average Bonchev–Trinajstić information content (AvgIpc) is 2.79. The molecule has 2 atom stereocenters. The maximum atomic E-state index is 8.58. The molecule has 0 N–H and O–H groups in total. The lowest BCUT2D eigenvalue weighted by atomic mass is 10.1. The van der Waals surface area contributed by atoms with Gasteiger partial charge in [0.1, 0.15) is 6.10 Å². The molecule has 0 spiro atoms. The first-order chi connectivity index (χ1) is 8.29. The minimum absolute atomic E-state index is 0.0440. The molecule has 2 unspecified atom stereocenters.